The van der Waals surface area contributed by atoms with Gasteiger partial charge in [-0.2, -0.15) is 0 Å². The number of methoxy groups -OCH3 is 2. The van der Waals surface area contributed by atoms with Crippen LogP contribution in [0.3, 0.4) is 0 Å². The first-order valence-electron chi connectivity index (χ1n) is 10.5. The molecule has 0 saturated heterocycles. The molecule has 0 fully saturated rings. The number of fused-ring (bicyclic) bond motifs is 1. The maximum atomic E-state index is 13.3. The molecule has 174 valence electrons. The molecule has 2 aromatic rings. The lowest BCUT2D eigenvalue weighted by atomic mass is 10.0. The molecule has 1 aromatic heterocycles. The Morgan fingerprint density at radius 3 is 2.69 bits per heavy atom. The Morgan fingerprint density at radius 2 is 1.97 bits per heavy atom. The van der Waals surface area contributed by atoms with Gasteiger partial charge < -0.3 is 24.0 Å². The molecular weight excluding hydrogens is 452 g/mol. The van der Waals surface area contributed by atoms with Gasteiger partial charge in [-0.1, -0.05) is 11.6 Å². The molecule has 0 saturated carbocycles. The van der Waals surface area contributed by atoms with Gasteiger partial charge in [0.1, 0.15) is 19.0 Å². The highest BCUT2D eigenvalue weighted by atomic mass is 35.5. The van der Waals surface area contributed by atoms with Crippen molar-refractivity contribution in [2.75, 3.05) is 53.7 Å². The van der Waals surface area contributed by atoms with Gasteiger partial charge in [-0.3, -0.25) is 9.59 Å². The Bertz CT molecular complexity index is 889. The lowest BCUT2D eigenvalue weighted by Crippen LogP contribution is -2.48. The first-order valence-corrected chi connectivity index (χ1v) is 11.8. The minimum atomic E-state index is -0.216. The molecule has 1 atom stereocenters. The number of hydrogen-bond donors (Lipinski definition) is 0. The summed E-state index contributed by atoms with van der Waals surface area (Å²) >= 11 is 7.66. The highest BCUT2D eigenvalue weighted by Gasteiger charge is 2.33. The zero-order valence-electron chi connectivity index (χ0n) is 18.4. The second-order valence-corrected chi connectivity index (χ2v) is 8.95. The van der Waals surface area contributed by atoms with Crippen LogP contribution < -0.4 is 4.74 Å². The second kappa shape index (κ2) is 12.2. The van der Waals surface area contributed by atoms with Gasteiger partial charge in [-0.25, -0.2) is 0 Å². The molecule has 3 rings (SSSR count). The summed E-state index contributed by atoms with van der Waals surface area (Å²) in [4.78, 5) is 30.5. The third-order valence-corrected chi connectivity index (χ3v) is 6.61. The Labute approximate surface area is 197 Å². The van der Waals surface area contributed by atoms with E-state index in [1.54, 1.807) is 35.5 Å². The fourth-order valence-corrected chi connectivity index (χ4v) is 4.80. The number of nitrogens with zero attached hydrogens (tertiary/aromatic N) is 2. The van der Waals surface area contributed by atoms with Crippen LogP contribution in [-0.2, 0) is 25.5 Å². The van der Waals surface area contributed by atoms with E-state index in [0.29, 0.717) is 43.5 Å². The van der Waals surface area contributed by atoms with Gasteiger partial charge >= 0.3 is 0 Å². The van der Waals surface area contributed by atoms with Gasteiger partial charge in [0, 0.05) is 43.8 Å². The highest BCUT2D eigenvalue weighted by molar-refractivity contribution is 7.10. The van der Waals surface area contributed by atoms with Crippen LogP contribution in [0, 0.1) is 0 Å². The van der Waals surface area contributed by atoms with Gasteiger partial charge in [0.05, 0.1) is 12.6 Å². The van der Waals surface area contributed by atoms with Crippen molar-refractivity contribution >= 4 is 34.8 Å². The third-order valence-electron chi connectivity index (χ3n) is 5.36. The minimum Gasteiger partial charge on any atom is -0.491 e. The molecular formula is C23H29ClN2O5S. The Kier molecular flexibility index (Phi) is 9.35. The smallest absolute Gasteiger partial charge is 0.249 e. The average molecular weight is 481 g/mol. The number of halogens is 1. The molecule has 7 nitrogen and oxygen atoms in total. The van der Waals surface area contributed by atoms with Crippen LogP contribution in [0.4, 0.5) is 0 Å². The van der Waals surface area contributed by atoms with Gasteiger partial charge in [-0.15, -0.1) is 11.3 Å². The molecule has 0 aliphatic carbocycles. The fourth-order valence-electron chi connectivity index (χ4n) is 3.74. The van der Waals surface area contributed by atoms with Gasteiger partial charge in [0.15, 0.2) is 0 Å². The molecule has 0 radical (unpaired) electrons. The number of hydrogen-bond acceptors (Lipinski definition) is 6. The molecule has 1 aliphatic rings. The number of carbonyl (C=O) groups is 2. The molecule has 9 heteroatoms. The van der Waals surface area contributed by atoms with Crippen molar-refractivity contribution in [3.05, 3.63) is 51.2 Å². The fraction of sp³-hybridized carbons (Fsp3) is 0.478. The molecule has 1 aliphatic heterocycles. The summed E-state index contributed by atoms with van der Waals surface area (Å²) in [6, 6.07) is 9.01. The Morgan fingerprint density at radius 1 is 1.19 bits per heavy atom. The monoisotopic (exact) mass is 480 g/mol. The number of thiophene rings is 1. The number of ether oxygens (including phenoxy) is 3. The lowest BCUT2D eigenvalue weighted by Gasteiger charge is -2.37. The van der Waals surface area contributed by atoms with E-state index in [4.69, 9.17) is 25.8 Å². The zero-order valence-corrected chi connectivity index (χ0v) is 20.0. The van der Waals surface area contributed by atoms with Crippen molar-refractivity contribution in [3.63, 3.8) is 0 Å². The zero-order chi connectivity index (χ0) is 22.9. The second-order valence-electron chi connectivity index (χ2n) is 7.51. The van der Waals surface area contributed by atoms with E-state index in [1.807, 2.05) is 22.4 Å². The lowest BCUT2D eigenvalue weighted by molar-refractivity contribution is -0.144. The topological polar surface area (TPSA) is 68.3 Å². The Balaban J connectivity index is 1.72. The van der Waals surface area contributed by atoms with E-state index >= 15 is 0 Å². The van der Waals surface area contributed by atoms with Crippen LogP contribution in [0.15, 0.2) is 35.7 Å². The summed E-state index contributed by atoms with van der Waals surface area (Å²) in [5.74, 6) is 0.383. The van der Waals surface area contributed by atoms with E-state index in [-0.39, 0.29) is 31.0 Å². The van der Waals surface area contributed by atoms with Crippen molar-refractivity contribution in [1.29, 1.82) is 0 Å². The van der Waals surface area contributed by atoms with Crippen molar-refractivity contribution < 1.29 is 23.8 Å². The third kappa shape index (κ3) is 6.45. The van der Waals surface area contributed by atoms with E-state index in [2.05, 4.69) is 6.07 Å². The number of rotatable bonds is 11. The number of amides is 2. The van der Waals surface area contributed by atoms with Crippen molar-refractivity contribution in [2.24, 2.45) is 0 Å². The summed E-state index contributed by atoms with van der Waals surface area (Å²) in [5, 5.41) is 2.69. The van der Waals surface area contributed by atoms with Gasteiger partial charge in [0.25, 0.3) is 0 Å². The van der Waals surface area contributed by atoms with E-state index in [9.17, 15) is 9.59 Å². The molecule has 0 N–H and O–H groups in total. The minimum absolute atomic E-state index is 0.00280. The molecule has 2 heterocycles. The van der Waals surface area contributed by atoms with Crippen LogP contribution >= 0.6 is 22.9 Å². The summed E-state index contributed by atoms with van der Waals surface area (Å²) in [6.45, 7) is 1.81. The van der Waals surface area contributed by atoms with Crippen molar-refractivity contribution in [3.8, 4) is 5.75 Å². The summed E-state index contributed by atoms with van der Waals surface area (Å²) in [7, 11) is 3.09. The van der Waals surface area contributed by atoms with E-state index < -0.39 is 0 Å². The van der Waals surface area contributed by atoms with Crippen LogP contribution in [-0.4, -0.2) is 75.3 Å². The molecule has 0 unspecified atom stereocenters. The van der Waals surface area contributed by atoms with Crippen LogP contribution in [0.5, 0.6) is 5.75 Å². The van der Waals surface area contributed by atoms with E-state index in [1.165, 1.54) is 12.0 Å². The first kappa shape index (κ1) is 24.5. The summed E-state index contributed by atoms with van der Waals surface area (Å²) in [5.41, 5.74) is 1.11. The molecule has 0 bridgehead atoms. The standard InChI is InChI=1S/C23H29ClN2O5S/c1-29-12-3-10-25(23(28)16-30-2)14-22(27)26-11-8-21-19(9-13-32-21)20(26)15-31-18-6-4-17(24)5-7-18/h4-7,9,13,20H,3,8,10-12,14-16H2,1-2H3/t20-/m1/s1. The Hall–Kier alpha value is -2.13. The predicted molar refractivity (Wildman–Crippen MR) is 124 cm³/mol. The molecule has 0 spiro atoms. The predicted octanol–water partition coefficient (Wildman–Crippen LogP) is 3.42. The number of carbonyl (C=O) groups excluding carboxylic acids is 2. The SMILES string of the molecule is COCCCN(CC(=O)N1CCc2sccc2[C@H]1COc1ccc(Cl)cc1)C(=O)COC. The first-order chi connectivity index (χ1) is 15.5. The van der Waals surface area contributed by atoms with Crippen LogP contribution in [0.2, 0.25) is 5.02 Å². The summed E-state index contributed by atoms with van der Waals surface area (Å²) < 4.78 is 16.1. The quantitative estimate of drug-likeness (QED) is 0.461. The average Bonchev–Trinajstić information content (AvgIpc) is 3.27. The highest BCUT2D eigenvalue weighted by Crippen LogP contribution is 2.34. The van der Waals surface area contributed by atoms with Crippen molar-refractivity contribution in [2.45, 2.75) is 18.9 Å². The maximum absolute atomic E-state index is 13.3. The molecule has 2 amide bonds. The van der Waals surface area contributed by atoms with Crippen LogP contribution in [0.25, 0.3) is 0 Å². The van der Waals surface area contributed by atoms with Crippen LogP contribution in [0.1, 0.15) is 22.9 Å². The normalized spacial score (nSPS) is 15.3. The van der Waals surface area contributed by atoms with E-state index in [0.717, 1.165) is 12.0 Å². The van der Waals surface area contributed by atoms with Gasteiger partial charge in [0.2, 0.25) is 11.8 Å². The maximum Gasteiger partial charge on any atom is 0.249 e. The largest absolute Gasteiger partial charge is 0.491 e. The van der Waals surface area contributed by atoms with Gasteiger partial charge in [-0.05, 0) is 54.1 Å². The summed E-state index contributed by atoms with van der Waals surface area (Å²) in [6.07, 6.45) is 1.45. The molecule has 1 aromatic carbocycles. The molecule has 32 heavy (non-hydrogen) atoms. The number of benzene rings is 1. The van der Waals surface area contributed by atoms with Crippen molar-refractivity contribution in [1.82, 2.24) is 9.80 Å².